The molecule has 0 radical (unpaired) electrons. The molecule has 3 rings (SSSR count). The Bertz CT molecular complexity index is 849. The molecule has 2 aromatic rings. The lowest BCUT2D eigenvalue weighted by molar-refractivity contribution is -0.139. The molecule has 1 amide bonds. The topological polar surface area (TPSA) is 66.8 Å². The van der Waals surface area contributed by atoms with Gasteiger partial charge in [-0.3, -0.25) is 4.79 Å². The summed E-state index contributed by atoms with van der Waals surface area (Å²) in [6.45, 7) is 3.54. The van der Waals surface area contributed by atoms with E-state index in [9.17, 15) is 9.59 Å². The summed E-state index contributed by atoms with van der Waals surface area (Å²) < 4.78 is 5.42. The second kappa shape index (κ2) is 6.99. The lowest BCUT2D eigenvalue weighted by atomic mass is 9.97. The van der Waals surface area contributed by atoms with Gasteiger partial charge in [-0.25, -0.2) is 4.79 Å². The molecule has 25 heavy (non-hydrogen) atoms. The van der Waals surface area contributed by atoms with E-state index in [2.05, 4.69) is 6.58 Å². The summed E-state index contributed by atoms with van der Waals surface area (Å²) in [6, 6.07) is 12.3. The molecule has 0 aliphatic carbocycles. The number of aliphatic carboxylic acids is 1. The van der Waals surface area contributed by atoms with Crippen molar-refractivity contribution in [1.29, 1.82) is 0 Å². The Morgan fingerprint density at radius 1 is 1.28 bits per heavy atom. The zero-order valence-electron chi connectivity index (χ0n) is 13.3. The number of carbonyl (C=O) groups is 2. The molecule has 0 saturated carbocycles. The lowest BCUT2D eigenvalue weighted by Gasteiger charge is -2.26. The Hall–Kier alpha value is -2.79. The van der Waals surface area contributed by atoms with Gasteiger partial charge in [-0.2, -0.15) is 0 Å². The van der Waals surface area contributed by atoms with Crippen LogP contribution < -0.4 is 4.74 Å². The van der Waals surface area contributed by atoms with Crippen LogP contribution in [0.3, 0.4) is 0 Å². The van der Waals surface area contributed by atoms with Gasteiger partial charge in [0.15, 0.2) is 6.61 Å². The molecule has 6 heteroatoms. The van der Waals surface area contributed by atoms with Crippen LogP contribution in [-0.2, 0) is 16.1 Å². The zero-order chi connectivity index (χ0) is 18.0. The number of fused-ring (bicyclic) bond motifs is 1. The largest absolute Gasteiger partial charge is 0.482 e. The number of carboxylic acids is 1. The van der Waals surface area contributed by atoms with Crippen LogP contribution in [0.5, 0.6) is 5.75 Å². The van der Waals surface area contributed by atoms with Crippen molar-refractivity contribution < 1.29 is 19.4 Å². The Kier molecular flexibility index (Phi) is 4.76. The van der Waals surface area contributed by atoms with Crippen LogP contribution in [-0.4, -0.2) is 28.5 Å². The van der Waals surface area contributed by atoms with Crippen LogP contribution in [0.25, 0.3) is 0 Å². The van der Waals surface area contributed by atoms with Crippen LogP contribution in [0.2, 0.25) is 5.02 Å². The van der Waals surface area contributed by atoms with E-state index in [1.807, 2.05) is 24.3 Å². The molecule has 1 aliphatic rings. The number of carboxylic acid groups (broad SMARTS) is 1. The molecule has 0 bridgehead atoms. The SMILES string of the molecule is C=CC(=O)N1Cc2ccccc2C1c1cc(Cl)ccc1OCC(=O)O. The molecule has 0 spiro atoms. The Balaban J connectivity index is 2.11. The number of hydrogen-bond donors (Lipinski definition) is 1. The fourth-order valence-corrected chi connectivity index (χ4v) is 3.23. The van der Waals surface area contributed by atoms with E-state index in [-0.39, 0.29) is 5.91 Å². The highest BCUT2D eigenvalue weighted by Crippen LogP contribution is 2.42. The van der Waals surface area contributed by atoms with Crippen LogP contribution in [0.1, 0.15) is 22.7 Å². The van der Waals surface area contributed by atoms with E-state index in [1.54, 1.807) is 23.1 Å². The quantitative estimate of drug-likeness (QED) is 0.832. The molecule has 1 atom stereocenters. The van der Waals surface area contributed by atoms with E-state index in [4.69, 9.17) is 21.4 Å². The normalized spacial score (nSPS) is 15.6. The van der Waals surface area contributed by atoms with Gasteiger partial charge in [-0.05, 0) is 35.4 Å². The third-order valence-corrected chi connectivity index (χ3v) is 4.31. The van der Waals surface area contributed by atoms with Crippen molar-refractivity contribution in [3.05, 3.63) is 76.8 Å². The predicted octanol–water partition coefficient (Wildman–Crippen LogP) is 3.42. The highest BCUT2D eigenvalue weighted by Gasteiger charge is 2.35. The molecular weight excluding hydrogens is 342 g/mol. The predicted molar refractivity (Wildman–Crippen MR) is 93.6 cm³/mol. The minimum atomic E-state index is -1.08. The van der Waals surface area contributed by atoms with Gasteiger partial charge in [0.2, 0.25) is 5.91 Å². The van der Waals surface area contributed by atoms with Gasteiger partial charge in [0.05, 0.1) is 6.04 Å². The third kappa shape index (κ3) is 3.37. The van der Waals surface area contributed by atoms with Crippen molar-refractivity contribution in [3.63, 3.8) is 0 Å². The summed E-state index contributed by atoms with van der Waals surface area (Å²) in [7, 11) is 0. The summed E-state index contributed by atoms with van der Waals surface area (Å²) in [5.41, 5.74) is 2.63. The standard InChI is InChI=1S/C19H16ClNO4/c1-2-17(22)21-10-12-5-3-4-6-14(12)19(21)15-9-13(20)7-8-16(15)25-11-18(23)24/h2-9,19H,1,10-11H2,(H,23,24). The molecule has 0 saturated heterocycles. The van der Waals surface area contributed by atoms with E-state index in [1.165, 1.54) is 6.08 Å². The van der Waals surface area contributed by atoms with Crippen molar-refractivity contribution in [2.24, 2.45) is 0 Å². The number of rotatable bonds is 5. The number of benzene rings is 2. The maximum Gasteiger partial charge on any atom is 0.341 e. The van der Waals surface area contributed by atoms with E-state index >= 15 is 0 Å². The molecule has 1 heterocycles. The highest BCUT2D eigenvalue weighted by molar-refractivity contribution is 6.30. The molecule has 1 unspecified atom stereocenters. The van der Waals surface area contributed by atoms with Crippen molar-refractivity contribution in [2.75, 3.05) is 6.61 Å². The number of hydrogen-bond acceptors (Lipinski definition) is 3. The van der Waals surface area contributed by atoms with E-state index < -0.39 is 18.6 Å². The van der Waals surface area contributed by atoms with Crippen LogP contribution in [0, 0.1) is 0 Å². The van der Waals surface area contributed by atoms with Gasteiger partial charge in [-0.15, -0.1) is 0 Å². The van der Waals surface area contributed by atoms with Crippen LogP contribution in [0.4, 0.5) is 0 Å². The molecule has 0 fully saturated rings. The first kappa shape index (κ1) is 17.0. The molecular formula is C19H16ClNO4. The van der Waals surface area contributed by atoms with Gasteiger partial charge in [-0.1, -0.05) is 42.4 Å². The first-order valence-electron chi connectivity index (χ1n) is 7.66. The molecule has 1 aliphatic heterocycles. The van der Waals surface area contributed by atoms with Gasteiger partial charge >= 0.3 is 5.97 Å². The Morgan fingerprint density at radius 2 is 2.04 bits per heavy atom. The van der Waals surface area contributed by atoms with Crippen LogP contribution >= 0.6 is 11.6 Å². The van der Waals surface area contributed by atoms with Gasteiger partial charge in [0.1, 0.15) is 5.75 Å². The van der Waals surface area contributed by atoms with Crippen molar-refractivity contribution in [1.82, 2.24) is 4.90 Å². The molecule has 1 N–H and O–H groups in total. The maximum atomic E-state index is 12.4. The van der Waals surface area contributed by atoms with Crippen molar-refractivity contribution in [3.8, 4) is 5.75 Å². The monoisotopic (exact) mass is 357 g/mol. The first-order chi connectivity index (χ1) is 12.0. The summed E-state index contributed by atoms with van der Waals surface area (Å²) in [6.07, 6.45) is 1.27. The maximum absolute atomic E-state index is 12.4. The number of carbonyl (C=O) groups excluding carboxylic acids is 1. The number of amides is 1. The highest BCUT2D eigenvalue weighted by atomic mass is 35.5. The van der Waals surface area contributed by atoms with Gasteiger partial charge < -0.3 is 14.7 Å². The summed E-state index contributed by atoms with van der Waals surface area (Å²) in [5.74, 6) is -0.910. The summed E-state index contributed by atoms with van der Waals surface area (Å²) in [4.78, 5) is 24.9. The number of halogens is 1. The van der Waals surface area contributed by atoms with Gasteiger partial charge in [0, 0.05) is 17.1 Å². The summed E-state index contributed by atoms with van der Waals surface area (Å²) in [5, 5.41) is 9.37. The molecule has 5 nitrogen and oxygen atoms in total. The van der Waals surface area contributed by atoms with Crippen molar-refractivity contribution in [2.45, 2.75) is 12.6 Å². The Labute approximate surface area is 150 Å². The number of ether oxygens (including phenoxy) is 1. The number of nitrogens with zero attached hydrogens (tertiary/aromatic N) is 1. The molecule has 0 aromatic heterocycles. The second-order valence-corrected chi connectivity index (χ2v) is 6.07. The van der Waals surface area contributed by atoms with Crippen molar-refractivity contribution >= 4 is 23.5 Å². The Morgan fingerprint density at radius 3 is 2.76 bits per heavy atom. The fourth-order valence-electron chi connectivity index (χ4n) is 3.05. The first-order valence-corrected chi connectivity index (χ1v) is 8.04. The molecule has 128 valence electrons. The molecule has 2 aromatic carbocycles. The zero-order valence-corrected chi connectivity index (χ0v) is 14.1. The smallest absolute Gasteiger partial charge is 0.341 e. The van der Waals surface area contributed by atoms with Gasteiger partial charge in [0.25, 0.3) is 0 Å². The fraction of sp³-hybridized carbons (Fsp3) is 0.158. The van der Waals surface area contributed by atoms with E-state index in [0.29, 0.717) is 22.9 Å². The average Bonchev–Trinajstić information content (AvgIpc) is 2.99. The minimum absolute atomic E-state index is 0.217. The van der Waals surface area contributed by atoms with Crippen LogP contribution in [0.15, 0.2) is 55.1 Å². The van der Waals surface area contributed by atoms with E-state index in [0.717, 1.165) is 11.1 Å². The summed E-state index contributed by atoms with van der Waals surface area (Å²) >= 11 is 6.15. The minimum Gasteiger partial charge on any atom is -0.482 e. The lowest BCUT2D eigenvalue weighted by Crippen LogP contribution is -2.29. The second-order valence-electron chi connectivity index (χ2n) is 5.64. The average molecular weight is 358 g/mol. The third-order valence-electron chi connectivity index (χ3n) is 4.08.